The molecule has 142 valence electrons. The highest BCUT2D eigenvalue weighted by Gasteiger charge is 2.16. The van der Waals surface area contributed by atoms with Crippen molar-refractivity contribution in [3.8, 4) is 21.9 Å². The summed E-state index contributed by atoms with van der Waals surface area (Å²) in [6.07, 6.45) is 0. The Balaban J connectivity index is 1.37. The summed E-state index contributed by atoms with van der Waals surface area (Å²) in [4.78, 5) is 24.3. The van der Waals surface area contributed by atoms with Gasteiger partial charge in [0.25, 0.3) is 5.56 Å². The first-order valence-electron chi connectivity index (χ1n) is 8.79. The van der Waals surface area contributed by atoms with E-state index in [1.807, 2.05) is 48.1 Å². The second kappa shape index (κ2) is 7.05. The zero-order valence-corrected chi connectivity index (χ0v) is 16.7. The lowest BCUT2D eigenvalue weighted by atomic mass is 10.2. The Bertz CT molecular complexity index is 1200. The summed E-state index contributed by atoms with van der Waals surface area (Å²) in [7, 11) is 2.00. The van der Waals surface area contributed by atoms with Crippen LogP contribution in [0.15, 0.2) is 45.9 Å². The lowest BCUT2D eigenvalue weighted by molar-refractivity contribution is 0.174. The number of benzene rings is 1. The molecule has 4 aromatic rings. The van der Waals surface area contributed by atoms with E-state index in [0.29, 0.717) is 24.3 Å². The van der Waals surface area contributed by atoms with Gasteiger partial charge in [0.1, 0.15) is 10.7 Å². The summed E-state index contributed by atoms with van der Waals surface area (Å²) >= 11 is 3.14. The van der Waals surface area contributed by atoms with Crippen LogP contribution in [0.4, 0.5) is 0 Å². The molecule has 1 aliphatic rings. The molecule has 0 unspecified atom stereocenters. The van der Waals surface area contributed by atoms with Crippen LogP contribution in [-0.2, 0) is 13.1 Å². The molecule has 0 radical (unpaired) electrons. The van der Waals surface area contributed by atoms with Gasteiger partial charge in [0.2, 0.25) is 6.79 Å². The number of fused-ring (bicyclic) bond motifs is 2. The number of H-pyrrole nitrogens is 1. The van der Waals surface area contributed by atoms with Crippen molar-refractivity contribution in [1.29, 1.82) is 0 Å². The van der Waals surface area contributed by atoms with Crippen LogP contribution in [0, 0.1) is 0 Å². The molecular weight excluding hydrogens is 394 g/mol. The van der Waals surface area contributed by atoms with Crippen molar-refractivity contribution in [3.05, 3.63) is 62.8 Å². The van der Waals surface area contributed by atoms with Gasteiger partial charge in [0.05, 0.1) is 11.9 Å². The Kier molecular flexibility index (Phi) is 4.38. The maximum Gasteiger partial charge on any atom is 0.260 e. The number of nitrogens with one attached hydrogen (secondary N) is 1. The molecule has 0 spiro atoms. The van der Waals surface area contributed by atoms with E-state index in [-0.39, 0.29) is 12.4 Å². The number of hydrogen-bond acceptors (Lipinski definition) is 7. The van der Waals surface area contributed by atoms with Gasteiger partial charge in [-0.25, -0.2) is 4.98 Å². The molecule has 1 N–H and O–H groups in total. The fourth-order valence-electron chi connectivity index (χ4n) is 3.34. The standard InChI is InChI=1S/C20H17N3O3S2/c1-23(8-12-4-5-14-15(7-12)26-11-25-14)9-17-21-19(24)18-13(10-28-20(18)22-17)16-3-2-6-27-16/h2-7,10H,8-9,11H2,1H3,(H,21,22,24). The van der Waals surface area contributed by atoms with Gasteiger partial charge in [0.15, 0.2) is 11.5 Å². The monoisotopic (exact) mass is 411 g/mol. The van der Waals surface area contributed by atoms with Crippen molar-refractivity contribution in [2.45, 2.75) is 13.1 Å². The quantitative estimate of drug-likeness (QED) is 0.536. The molecule has 0 atom stereocenters. The van der Waals surface area contributed by atoms with Crippen molar-refractivity contribution in [2.75, 3.05) is 13.8 Å². The van der Waals surface area contributed by atoms with Crippen LogP contribution in [0.1, 0.15) is 11.4 Å². The third kappa shape index (κ3) is 3.19. The van der Waals surface area contributed by atoms with Crippen molar-refractivity contribution in [1.82, 2.24) is 14.9 Å². The summed E-state index contributed by atoms with van der Waals surface area (Å²) < 4.78 is 10.8. The predicted octanol–water partition coefficient (Wildman–Crippen LogP) is 4.07. The van der Waals surface area contributed by atoms with Crippen LogP contribution in [0.2, 0.25) is 0 Å². The number of aromatic nitrogens is 2. The molecule has 6 nitrogen and oxygen atoms in total. The third-order valence-corrected chi connectivity index (χ3v) is 6.36. The molecule has 1 aliphatic heterocycles. The highest BCUT2D eigenvalue weighted by molar-refractivity contribution is 7.18. The van der Waals surface area contributed by atoms with E-state index < -0.39 is 0 Å². The molecule has 0 bridgehead atoms. The predicted molar refractivity (Wildman–Crippen MR) is 111 cm³/mol. The van der Waals surface area contributed by atoms with E-state index in [0.717, 1.165) is 32.3 Å². The zero-order chi connectivity index (χ0) is 19.1. The van der Waals surface area contributed by atoms with E-state index in [4.69, 9.17) is 9.47 Å². The summed E-state index contributed by atoms with van der Waals surface area (Å²) in [6, 6.07) is 9.96. The number of thiophene rings is 2. The van der Waals surface area contributed by atoms with Crippen LogP contribution in [-0.4, -0.2) is 28.7 Å². The van der Waals surface area contributed by atoms with E-state index >= 15 is 0 Å². The van der Waals surface area contributed by atoms with Crippen LogP contribution >= 0.6 is 22.7 Å². The second-order valence-corrected chi connectivity index (χ2v) is 8.49. The van der Waals surface area contributed by atoms with Crippen LogP contribution in [0.25, 0.3) is 20.7 Å². The Hall–Kier alpha value is -2.68. The Labute approximate surface area is 169 Å². The van der Waals surface area contributed by atoms with Gasteiger partial charge in [0, 0.05) is 22.4 Å². The molecule has 0 fully saturated rings. The summed E-state index contributed by atoms with van der Waals surface area (Å²) in [5.74, 6) is 2.22. The van der Waals surface area contributed by atoms with Gasteiger partial charge in [-0.2, -0.15) is 0 Å². The average Bonchev–Trinajstić information content (AvgIpc) is 3.41. The van der Waals surface area contributed by atoms with Crippen LogP contribution < -0.4 is 15.0 Å². The van der Waals surface area contributed by atoms with Crippen molar-refractivity contribution < 1.29 is 9.47 Å². The molecule has 0 aliphatic carbocycles. The molecule has 1 aromatic carbocycles. The molecule has 8 heteroatoms. The third-order valence-electron chi connectivity index (χ3n) is 4.59. The Morgan fingerprint density at radius 2 is 2.07 bits per heavy atom. The normalized spacial score (nSPS) is 12.9. The SMILES string of the molecule is CN(Cc1ccc2c(c1)OCO2)Cc1nc2scc(-c3cccs3)c2c(=O)[nH]1. The van der Waals surface area contributed by atoms with Gasteiger partial charge in [-0.15, -0.1) is 22.7 Å². The minimum Gasteiger partial charge on any atom is -0.454 e. The number of ether oxygens (including phenoxy) is 2. The summed E-state index contributed by atoms with van der Waals surface area (Å²) in [5.41, 5.74) is 2.00. The number of hydrogen-bond donors (Lipinski definition) is 1. The lowest BCUT2D eigenvalue weighted by Gasteiger charge is -2.16. The minimum absolute atomic E-state index is 0.0823. The molecule has 0 saturated carbocycles. The Morgan fingerprint density at radius 1 is 1.18 bits per heavy atom. The fourth-order valence-corrected chi connectivity index (χ4v) is 5.13. The largest absolute Gasteiger partial charge is 0.454 e. The molecule has 0 amide bonds. The van der Waals surface area contributed by atoms with Crippen LogP contribution in [0.5, 0.6) is 11.5 Å². The van der Waals surface area contributed by atoms with Crippen molar-refractivity contribution in [3.63, 3.8) is 0 Å². The van der Waals surface area contributed by atoms with Crippen LogP contribution in [0.3, 0.4) is 0 Å². The van der Waals surface area contributed by atoms with Gasteiger partial charge < -0.3 is 14.5 Å². The topological polar surface area (TPSA) is 67.5 Å². The first-order chi connectivity index (χ1) is 13.7. The van der Waals surface area contributed by atoms with Gasteiger partial charge in [-0.1, -0.05) is 12.1 Å². The van der Waals surface area contributed by atoms with Gasteiger partial charge in [-0.05, 0) is 36.2 Å². The van der Waals surface area contributed by atoms with Gasteiger partial charge in [-0.3, -0.25) is 9.69 Å². The first-order valence-corrected chi connectivity index (χ1v) is 10.5. The molecule has 28 heavy (non-hydrogen) atoms. The molecule has 3 aromatic heterocycles. The van der Waals surface area contributed by atoms with E-state index in [1.54, 1.807) is 11.3 Å². The maximum atomic E-state index is 12.7. The number of aromatic amines is 1. The number of rotatable bonds is 5. The highest BCUT2D eigenvalue weighted by Crippen LogP contribution is 2.34. The van der Waals surface area contributed by atoms with Crippen molar-refractivity contribution in [2.24, 2.45) is 0 Å². The van der Waals surface area contributed by atoms with E-state index in [1.165, 1.54) is 11.3 Å². The maximum absolute atomic E-state index is 12.7. The molecule has 4 heterocycles. The summed E-state index contributed by atoms with van der Waals surface area (Å²) in [5, 5.41) is 4.70. The lowest BCUT2D eigenvalue weighted by Crippen LogP contribution is -2.21. The zero-order valence-electron chi connectivity index (χ0n) is 15.1. The first kappa shape index (κ1) is 17.4. The van der Waals surface area contributed by atoms with Gasteiger partial charge >= 0.3 is 0 Å². The molecule has 0 saturated heterocycles. The number of nitrogens with zero attached hydrogens (tertiary/aromatic N) is 2. The minimum atomic E-state index is -0.0823. The van der Waals surface area contributed by atoms with E-state index in [2.05, 4.69) is 14.9 Å². The highest BCUT2D eigenvalue weighted by atomic mass is 32.1. The average molecular weight is 412 g/mol. The smallest absolute Gasteiger partial charge is 0.260 e. The fraction of sp³-hybridized carbons (Fsp3) is 0.200. The molecule has 5 rings (SSSR count). The molecular formula is C20H17N3O3S2. The van der Waals surface area contributed by atoms with Crippen molar-refractivity contribution >= 4 is 32.9 Å². The summed E-state index contributed by atoms with van der Waals surface area (Å²) in [6.45, 7) is 1.53. The Morgan fingerprint density at radius 3 is 2.93 bits per heavy atom. The van der Waals surface area contributed by atoms with E-state index in [9.17, 15) is 4.79 Å². The second-order valence-electron chi connectivity index (χ2n) is 6.68.